The number of furan rings is 1. The normalized spacial score (nSPS) is 15.2. The van der Waals surface area contributed by atoms with E-state index in [0.717, 1.165) is 5.71 Å². The zero-order valence-corrected chi connectivity index (χ0v) is 20.2. The molecule has 0 amide bonds. The van der Waals surface area contributed by atoms with Crippen molar-refractivity contribution in [3.63, 3.8) is 0 Å². The first kappa shape index (κ1) is 16.9. The summed E-state index contributed by atoms with van der Waals surface area (Å²) in [6.45, 7) is 4.99. The predicted octanol–water partition coefficient (Wildman–Crippen LogP) is 6.39. The number of aromatic nitrogens is 2. The van der Waals surface area contributed by atoms with Crippen molar-refractivity contribution in [2.75, 3.05) is 0 Å². The molecule has 0 radical (unpaired) electrons. The van der Waals surface area contributed by atoms with Crippen LogP contribution in [0.25, 0.3) is 60.5 Å². The van der Waals surface area contributed by atoms with Crippen molar-refractivity contribution in [2.24, 2.45) is 0 Å². The lowest BCUT2D eigenvalue weighted by Gasteiger charge is -2.18. The van der Waals surface area contributed by atoms with Crippen molar-refractivity contribution in [1.82, 2.24) is 7.18 Å². The standard InChI is InChI=1S/C26H17IN2OSi/c1-31(2)20-9-4-3-6-16(20)24-25(31)17-10-11-19-22-21-14(7-5-8-18(21)29(19)27)15-12-13-30-26(15)28(24)23(17)22/h3-13H,1-2H3. The highest BCUT2D eigenvalue weighted by Gasteiger charge is 2.42. The van der Waals surface area contributed by atoms with E-state index in [0.29, 0.717) is 0 Å². The molecule has 0 aliphatic carbocycles. The van der Waals surface area contributed by atoms with Gasteiger partial charge >= 0.3 is 0 Å². The van der Waals surface area contributed by atoms with Gasteiger partial charge < -0.3 is 4.42 Å². The van der Waals surface area contributed by atoms with E-state index in [1.54, 1.807) is 5.19 Å². The highest BCUT2D eigenvalue weighted by molar-refractivity contribution is 14.1. The molecule has 0 spiro atoms. The monoisotopic (exact) mass is 528 g/mol. The molecule has 3 nitrogen and oxygen atoms in total. The summed E-state index contributed by atoms with van der Waals surface area (Å²) in [5, 5.41) is 9.57. The summed E-state index contributed by atoms with van der Waals surface area (Å²) in [5.74, 6) is 0. The lowest BCUT2D eigenvalue weighted by molar-refractivity contribution is 0.599. The lowest BCUT2D eigenvalue weighted by atomic mass is 10.1. The van der Waals surface area contributed by atoms with Crippen molar-refractivity contribution in [2.45, 2.75) is 13.1 Å². The minimum absolute atomic E-state index is 0.948. The molecule has 4 aromatic heterocycles. The van der Waals surface area contributed by atoms with Gasteiger partial charge in [0.15, 0.2) is 0 Å². The fraction of sp³-hybridized carbons (Fsp3) is 0.0769. The number of rotatable bonds is 0. The van der Waals surface area contributed by atoms with Gasteiger partial charge in [-0.1, -0.05) is 55.6 Å². The number of halogens is 1. The summed E-state index contributed by atoms with van der Waals surface area (Å²) in [6.07, 6.45) is 1.84. The van der Waals surface area contributed by atoms with Crippen LogP contribution in [0, 0.1) is 0 Å². The zero-order chi connectivity index (χ0) is 20.6. The fourth-order valence-electron chi connectivity index (χ4n) is 6.24. The van der Waals surface area contributed by atoms with Gasteiger partial charge in [0.1, 0.15) is 8.07 Å². The second-order valence-electron chi connectivity index (χ2n) is 9.21. The molecule has 0 bridgehead atoms. The second-order valence-corrected chi connectivity index (χ2v) is 14.5. The maximum absolute atomic E-state index is 6.26. The second kappa shape index (κ2) is 5.16. The van der Waals surface area contributed by atoms with Gasteiger partial charge in [-0.2, -0.15) is 0 Å². The van der Waals surface area contributed by atoms with Crippen LogP contribution in [0.4, 0.5) is 0 Å². The Balaban J connectivity index is 1.84. The van der Waals surface area contributed by atoms with Crippen LogP contribution in [0.5, 0.6) is 0 Å². The summed E-state index contributed by atoms with van der Waals surface area (Å²) in [6, 6.07) is 22.5. The van der Waals surface area contributed by atoms with E-state index in [1.165, 1.54) is 59.9 Å². The Morgan fingerprint density at radius 2 is 1.65 bits per heavy atom. The largest absolute Gasteiger partial charge is 0.447 e. The van der Waals surface area contributed by atoms with Crippen LogP contribution in [0.3, 0.4) is 0 Å². The molecule has 0 unspecified atom stereocenters. The third-order valence-electron chi connectivity index (χ3n) is 7.44. The molecule has 1 aliphatic heterocycles. The van der Waals surface area contributed by atoms with Crippen molar-refractivity contribution in [1.29, 1.82) is 0 Å². The van der Waals surface area contributed by atoms with Crippen LogP contribution in [0.1, 0.15) is 0 Å². The molecule has 148 valence electrons. The summed E-state index contributed by atoms with van der Waals surface area (Å²) in [7, 11) is -1.84. The van der Waals surface area contributed by atoms with Gasteiger partial charge in [-0.3, -0.25) is 7.18 Å². The molecule has 1 aliphatic rings. The van der Waals surface area contributed by atoms with Crippen LogP contribution < -0.4 is 10.4 Å². The van der Waals surface area contributed by atoms with E-state index < -0.39 is 8.07 Å². The lowest BCUT2D eigenvalue weighted by Crippen LogP contribution is -2.49. The van der Waals surface area contributed by atoms with Crippen LogP contribution >= 0.6 is 22.9 Å². The highest BCUT2D eigenvalue weighted by Crippen LogP contribution is 2.45. The van der Waals surface area contributed by atoms with E-state index in [2.05, 4.69) is 104 Å². The molecule has 0 saturated heterocycles. The van der Waals surface area contributed by atoms with Crippen LogP contribution in [0.15, 0.2) is 71.3 Å². The Labute approximate surface area is 192 Å². The first-order valence-corrected chi connectivity index (χ1v) is 14.5. The molecule has 0 saturated carbocycles. The molecule has 5 heterocycles. The third kappa shape index (κ3) is 1.69. The van der Waals surface area contributed by atoms with Gasteiger partial charge in [0.25, 0.3) is 0 Å². The van der Waals surface area contributed by atoms with E-state index in [1.807, 2.05) is 6.26 Å². The summed E-state index contributed by atoms with van der Waals surface area (Å²) in [4.78, 5) is 0. The fourth-order valence-corrected chi connectivity index (χ4v) is 10.4. The highest BCUT2D eigenvalue weighted by atomic mass is 127. The first-order valence-electron chi connectivity index (χ1n) is 10.6. The first-order chi connectivity index (χ1) is 15.1. The molecule has 0 atom stereocenters. The summed E-state index contributed by atoms with van der Waals surface area (Å²) >= 11 is 2.45. The molecule has 0 N–H and O–H groups in total. The van der Waals surface area contributed by atoms with Crippen molar-refractivity contribution in [3.8, 4) is 11.3 Å². The van der Waals surface area contributed by atoms with Crippen molar-refractivity contribution in [3.05, 3.63) is 66.9 Å². The molecule has 8 rings (SSSR count). The van der Waals surface area contributed by atoms with Crippen LogP contribution in [0.2, 0.25) is 13.1 Å². The minimum Gasteiger partial charge on any atom is -0.447 e. The van der Waals surface area contributed by atoms with Gasteiger partial charge in [-0.15, -0.1) is 0 Å². The zero-order valence-electron chi connectivity index (χ0n) is 17.0. The SMILES string of the molecule is C[Si]1(C)c2ccccc2-c2c1c1ccc3c4c5c(cccc5n3I)c3ccoc3n2c14. The van der Waals surface area contributed by atoms with Gasteiger partial charge in [0.2, 0.25) is 5.71 Å². The molecule has 31 heavy (non-hydrogen) atoms. The predicted molar refractivity (Wildman–Crippen MR) is 140 cm³/mol. The van der Waals surface area contributed by atoms with Crippen molar-refractivity contribution >= 4 is 90.5 Å². The molecule has 7 aromatic rings. The van der Waals surface area contributed by atoms with Gasteiger partial charge in [-0.05, 0) is 39.5 Å². The number of fused-ring (bicyclic) bond motifs is 8. The molecule has 0 fully saturated rings. The van der Waals surface area contributed by atoms with Gasteiger partial charge in [0.05, 0.1) is 51.4 Å². The smallest absolute Gasteiger partial charge is 0.212 e. The Bertz CT molecular complexity index is 1880. The van der Waals surface area contributed by atoms with Gasteiger partial charge in [-0.25, -0.2) is 0 Å². The Kier molecular flexibility index (Phi) is 2.81. The maximum atomic E-state index is 6.26. The number of hydrogen-bond donors (Lipinski definition) is 0. The van der Waals surface area contributed by atoms with E-state index in [-0.39, 0.29) is 0 Å². The molecular weight excluding hydrogens is 511 g/mol. The van der Waals surface area contributed by atoms with E-state index in [4.69, 9.17) is 4.42 Å². The maximum Gasteiger partial charge on any atom is 0.212 e. The minimum atomic E-state index is -1.84. The molecular formula is C26H17IN2OSi. The summed E-state index contributed by atoms with van der Waals surface area (Å²) < 4.78 is 11.0. The van der Waals surface area contributed by atoms with E-state index in [9.17, 15) is 0 Å². The van der Waals surface area contributed by atoms with Crippen molar-refractivity contribution < 1.29 is 4.42 Å². The quantitative estimate of drug-likeness (QED) is 0.165. The summed E-state index contributed by atoms with van der Waals surface area (Å²) in [5.41, 5.74) is 7.50. The average Bonchev–Trinajstić information content (AvgIpc) is 3.48. The Hall–Kier alpha value is -2.77. The average molecular weight is 528 g/mol. The number of benzene rings is 3. The Morgan fingerprint density at radius 3 is 2.55 bits per heavy atom. The number of nitrogens with zero attached hydrogens (tertiary/aromatic N) is 2. The van der Waals surface area contributed by atoms with Crippen LogP contribution in [-0.4, -0.2) is 15.3 Å². The molecule has 3 aromatic carbocycles. The van der Waals surface area contributed by atoms with Gasteiger partial charge in [0, 0.05) is 21.5 Å². The van der Waals surface area contributed by atoms with E-state index >= 15 is 0 Å². The van der Waals surface area contributed by atoms with Crippen LogP contribution in [-0.2, 0) is 0 Å². The third-order valence-corrected chi connectivity index (χ3v) is 12.0. The topological polar surface area (TPSA) is 22.5 Å². The Morgan fingerprint density at radius 1 is 0.806 bits per heavy atom. The number of hydrogen-bond acceptors (Lipinski definition) is 1. The molecule has 5 heteroatoms.